The number of aliphatic hydroxyl groups is 2. The van der Waals surface area contributed by atoms with Gasteiger partial charge < -0.3 is 25.6 Å². The fraction of sp³-hybridized carbons (Fsp3) is 0.136. The summed E-state index contributed by atoms with van der Waals surface area (Å²) in [4.78, 5) is 27.8. The molecular weight excluding hydrogens is 405 g/mol. The van der Waals surface area contributed by atoms with Crippen molar-refractivity contribution in [2.24, 2.45) is 0 Å². The molecule has 2 amide bonds. The summed E-state index contributed by atoms with van der Waals surface area (Å²) in [6, 6.07) is 16.5. The van der Waals surface area contributed by atoms with Crippen LogP contribution in [0.15, 0.2) is 66.7 Å². The number of nitrogens with one attached hydrogen (secondary N) is 2. The molecule has 0 spiro atoms. The lowest BCUT2D eigenvalue weighted by Crippen LogP contribution is -2.47. The predicted octanol–water partition coefficient (Wildman–Crippen LogP) is 2.09. The molecule has 0 saturated carbocycles. The van der Waals surface area contributed by atoms with Crippen LogP contribution in [0.5, 0.6) is 11.5 Å². The van der Waals surface area contributed by atoms with Crippen molar-refractivity contribution in [3.8, 4) is 22.8 Å². The smallest absolute Gasteiger partial charge is 0.250 e. The summed E-state index contributed by atoms with van der Waals surface area (Å²) >= 11 is 0. The van der Waals surface area contributed by atoms with Crippen LogP contribution in [0.25, 0.3) is 11.3 Å². The fourth-order valence-corrected chi connectivity index (χ4v) is 2.64. The molecule has 3 rings (SSSR count). The number of rotatable bonds is 8. The number of amides is 2. The van der Waals surface area contributed by atoms with E-state index in [2.05, 4.69) is 15.6 Å². The zero-order valence-corrected chi connectivity index (χ0v) is 16.3. The van der Waals surface area contributed by atoms with Gasteiger partial charge in [0.1, 0.15) is 35.8 Å². The Morgan fingerprint density at radius 3 is 2.23 bits per heavy atom. The summed E-state index contributed by atoms with van der Waals surface area (Å²) in [7, 11) is 0. The molecule has 31 heavy (non-hydrogen) atoms. The first-order chi connectivity index (χ1) is 15.0. The van der Waals surface area contributed by atoms with E-state index in [-0.39, 0.29) is 11.6 Å². The standard InChI is InChI=1S/C22H20FN3O5/c23-15-6-10-17(11-7-15)31-16-8-4-14(5-9-16)18-2-1-3-20(24-18)26-22(30)19(12-27)25-21(29)13-28/h1-11,19,27-28H,12-13H2,(H,25,29)(H,24,26,30)/t19-/m0/s1. The Balaban J connectivity index is 1.68. The van der Waals surface area contributed by atoms with Gasteiger partial charge in [-0.2, -0.15) is 0 Å². The number of aliphatic hydroxyl groups excluding tert-OH is 2. The van der Waals surface area contributed by atoms with Crippen LogP contribution in [0.4, 0.5) is 10.2 Å². The van der Waals surface area contributed by atoms with Gasteiger partial charge in [0.25, 0.3) is 5.91 Å². The van der Waals surface area contributed by atoms with Crippen LogP contribution in [0.2, 0.25) is 0 Å². The quantitative estimate of drug-likeness (QED) is 0.439. The molecule has 0 fully saturated rings. The molecule has 0 aliphatic carbocycles. The molecule has 0 unspecified atom stereocenters. The zero-order valence-electron chi connectivity index (χ0n) is 16.3. The molecule has 4 N–H and O–H groups in total. The van der Waals surface area contributed by atoms with Crippen molar-refractivity contribution >= 4 is 17.6 Å². The lowest BCUT2D eigenvalue weighted by atomic mass is 10.1. The number of anilines is 1. The van der Waals surface area contributed by atoms with Gasteiger partial charge in [-0.1, -0.05) is 6.07 Å². The Labute approximate surface area is 177 Å². The SMILES string of the molecule is O=C(CO)N[C@@H](CO)C(=O)Nc1cccc(-c2ccc(Oc3ccc(F)cc3)cc2)n1. The summed E-state index contributed by atoms with van der Waals surface area (Å²) in [5.41, 5.74) is 1.33. The Bertz CT molecular complexity index is 1040. The number of halogens is 1. The molecule has 9 heteroatoms. The molecule has 8 nitrogen and oxygen atoms in total. The minimum absolute atomic E-state index is 0.228. The second kappa shape index (κ2) is 10.3. The molecule has 0 aliphatic rings. The van der Waals surface area contributed by atoms with E-state index >= 15 is 0 Å². The van der Waals surface area contributed by atoms with Gasteiger partial charge in [-0.05, 0) is 60.7 Å². The van der Waals surface area contributed by atoms with E-state index in [0.29, 0.717) is 17.2 Å². The average molecular weight is 425 g/mol. The van der Waals surface area contributed by atoms with E-state index in [0.717, 1.165) is 5.56 Å². The first-order valence-electron chi connectivity index (χ1n) is 9.31. The highest BCUT2D eigenvalue weighted by Crippen LogP contribution is 2.25. The van der Waals surface area contributed by atoms with Gasteiger partial charge in [0.2, 0.25) is 5.91 Å². The van der Waals surface area contributed by atoms with Gasteiger partial charge in [-0.25, -0.2) is 9.37 Å². The second-order valence-corrected chi connectivity index (χ2v) is 6.44. The van der Waals surface area contributed by atoms with Crippen molar-refractivity contribution < 1.29 is 28.9 Å². The van der Waals surface area contributed by atoms with Gasteiger partial charge in [-0.15, -0.1) is 0 Å². The van der Waals surface area contributed by atoms with E-state index < -0.39 is 31.1 Å². The van der Waals surface area contributed by atoms with Crippen LogP contribution < -0.4 is 15.4 Å². The highest BCUT2D eigenvalue weighted by molar-refractivity contribution is 5.96. The highest BCUT2D eigenvalue weighted by Gasteiger charge is 2.20. The number of benzene rings is 2. The van der Waals surface area contributed by atoms with Crippen LogP contribution in [0, 0.1) is 5.82 Å². The molecule has 1 aromatic heterocycles. The molecule has 1 atom stereocenters. The molecule has 3 aromatic rings. The lowest BCUT2D eigenvalue weighted by Gasteiger charge is -2.15. The number of ether oxygens (including phenoxy) is 1. The van der Waals surface area contributed by atoms with Crippen LogP contribution in [-0.2, 0) is 9.59 Å². The number of carbonyl (C=O) groups excluding carboxylic acids is 2. The molecule has 0 bridgehead atoms. The topological polar surface area (TPSA) is 121 Å². The fourth-order valence-electron chi connectivity index (χ4n) is 2.64. The van der Waals surface area contributed by atoms with Gasteiger partial charge in [0.05, 0.1) is 12.3 Å². The maximum Gasteiger partial charge on any atom is 0.250 e. The summed E-state index contributed by atoms with van der Waals surface area (Å²) in [6.07, 6.45) is 0. The minimum Gasteiger partial charge on any atom is -0.457 e. The third kappa shape index (κ3) is 6.08. The Morgan fingerprint density at radius 2 is 1.61 bits per heavy atom. The van der Waals surface area contributed by atoms with Crippen molar-refractivity contribution in [1.82, 2.24) is 10.3 Å². The molecule has 1 heterocycles. The highest BCUT2D eigenvalue weighted by atomic mass is 19.1. The van der Waals surface area contributed by atoms with Crippen LogP contribution in [-0.4, -0.2) is 46.3 Å². The number of carbonyl (C=O) groups is 2. The monoisotopic (exact) mass is 425 g/mol. The summed E-state index contributed by atoms with van der Waals surface area (Å²) in [6.45, 7) is -1.43. The van der Waals surface area contributed by atoms with Gasteiger partial charge >= 0.3 is 0 Å². The molecule has 160 valence electrons. The maximum atomic E-state index is 13.0. The van der Waals surface area contributed by atoms with E-state index in [1.54, 1.807) is 42.5 Å². The first-order valence-corrected chi connectivity index (χ1v) is 9.31. The molecular formula is C22H20FN3O5. The van der Waals surface area contributed by atoms with E-state index in [4.69, 9.17) is 9.84 Å². The van der Waals surface area contributed by atoms with E-state index in [9.17, 15) is 19.1 Å². The number of aromatic nitrogens is 1. The Hall–Kier alpha value is -3.82. The first kappa shape index (κ1) is 21.9. The Morgan fingerprint density at radius 1 is 0.968 bits per heavy atom. The van der Waals surface area contributed by atoms with Gasteiger partial charge in [-0.3, -0.25) is 9.59 Å². The Kier molecular flexibility index (Phi) is 7.26. The maximum absolute atomic E-state index is 13.0. The van der Waals surface area contributed by atoms with Crippen LogP contribution in [0.1, 0.15) is 0 Å². The second-order valence-electron chi connectivity index (χ2n) is 6.44. The predicted molar refractivity (Wildman–Crippen MR) is 111 cm³/mol. The lowest BCUT2D eigenvalue weighted by molar-refractivity contribution is -0.129. The van der Waals surface area contributed by atoms with Crippen molar-refractivity contribution in [1.29, 1.82) is 0 Å². The number of hydrogen-bond donors (Lipinski definition) is 4. The summed E-state index contributed by atoms with van der Waals surface area (Å²) in [5.74, 6) is -0.502. The number of hydrogen-bond acceptors (Lipinski definition) is 6. The normalized spacial score (nSPS) is 11.5. The third-order valence-corrected chi connectivity index (χ3v) is 4.18. The average Bonchev–Trinajstić information content (AvgIpc) is 2.79. The number of nitrogens with zero attached hydrogens (tertiary/aromatic N) is 1. The number of pyridine rings is 1. The summed E-state index contributed by atoms with van der Waals surface area (Å²) < 4.78 is 18.6. The van der Waals surface area contributed by atoms with Crippen molar-refractivity contribution in [2.45, 2.75) is 6.04 Å². The molecule has 0 aliphatic heterocycles. The van der Waals surface area contributed by atoms with Crippen molar-refractivity contribution in [3.63, 3.8) is 0 Å². The van der Waals surface area contributed by atoms with E-state index in [1.165, 1.54) is 24.3 Å². The largest absolute Gasteiger partial charge is 0.457 e. The van der Waals surface area contributed by atoms with Gasteiger partial charge in [0, 0.05) is 5.56 Å². The zero-order chi connectivity index (χ0) is 22.2. The molecule has 2 aromatic carbocycles. The third-order valence-electron chi connectivity index (χ3n) is 4.18. The molecule has 0 radical (unpaired) electrons. The molecule has 0 saturated heterocycles. The summed E-state index contributed by atoms with van der Waals surface area (Å²) in [5, 5.41) is 22.8. The van der Waals surface area contributed by atoms with Crippen LogP contribution >= 0.6 is 0 Å². The van der Waals surface area contributed by atoms with Gasteiger partial charge in [0.15, 0.2) is 0 Å². The minimum atomic E-state index is -1.21. The van der Waals surface area contributed by atoms with Crippen molar-refractivity contribution in [3.05, 3.63) is 72.5 Å². The van der Waals surface area contributed by atoms with Crippen LogP contribution in [0.3, 0.4) is 0 Å². The van der Waals surface area contributed by atoms with E-state index in [1.807, 2.05) is 0 Å². The van der Waals surface area contributed by atoms with Crippen molar-refractivity contribution in [2.75, 3.05) is 18.5 Å².